The zero-order chi connectivity index (χ0) is 14.5. The Hall–Kier alpha value is -2.01. The van der Waals surface area contributed by atoms with Gasteiger partial charge in [0.25, 0.3) is 0 Å². The lowest BCUT2D eigenvalue weighted by Crippen LogP contribution is -2.31. The summed E-state index contributed by atoms with van der Waals surface area (Å²) < 4.78 is 0.983. The number of phenolic OH excluding ortho intramolecular Hbond substituents is 1. The first-order valence-corrected chi connectivity index (χ1v) is 6.90. The number of halogens is 1. The molecule has 0 radical (unpaired) electrons. The highest BCUT2D eigenvalue weighted by atomic mass is 79.9. The molecule has 0 aliphatic rings. The van der Waals surface area contributed by atoms with Gasteiger partial charge in [-0.3, -0.25) is 4.90 Å². The molecular formula is C15H14BrNO3. The van der Waals surface area contributed by atoms with Gasteiger partial charge < -0.3 is 10.2 Å². The molecule has 2 N–H and O–H groups in total. The number of nitrogens with zero attached hydrogens (tertiary/aromatic N) is 1. The number of anilines is 1. The van der Waals surface area contributed by atoms with Crippen LogP contribution in [0.3, 0.4) is 0 Å². The van der Waals surface area contributed by atoms with Crippen molar-refractivity contribution < 1.29 is 15.0 Å². The van der Waals surface area contributed by atoms with Crippen LogP contribution in [-0.4, -0.2) is 22.9 Å². The van der Waals surface area contributed by atoms with Crippen LogP contribution in [0.25, 0.3) is 0 Å². The fraction of sp³-hybridized carbons (Fsp3) is 0.133. The highest BCUT2D eigenvalue weighted by Crippen LogP contribution is 2.26. The highest BCUT2D eigenvalue weighted by molar-refractivity contribution is 9.10. The van der Waals surface area contributed by atoms with Crippen LogP contribution in [0.1, 0.15) is 5.56 Å². The molecule has 4 nitrogen and oxygen atoms in total. The number of benzene rings is 2. The molecule has 0 aliphatic heterocycles. The predicted molar refractivity (Wildman–Crippen MR) is 81.3 cm³/mol. The van der Waals surface area contributed by atoms with Crippen LogP contribution in [0.4, 0.5) is 10.5 Å². The Balaban J connectivity index is 2.13. The Bertz CT molecular complexity index is 598. The molecule has 1 amide bonds. The van der Waals surface area contributed by atoms with Crippen molar-refractivity contribution in [3.8, 4) is 5.75 Å². The minimum atomic E-state index is -1.08. The Morgan fingerprint density at radius 3 is 2.35 bits per heavy atom. The maximum Gasteiger partial charge on any atom is 0.411 e. The second kappa shape index (κ2) is 6.43. The van der Waals surface area contributed by atoms with Gasteiger partial charge in [-0.2, -0.15) is 0 Å². The molecule has 0 aliphatic carbocycles. The first-order valence-electron chi connectivity index (χ1n) is 6.11. The van der Waals surface area contributed by atoms with Gasteiger partial charge in [0.05, 0.1) is 5.69 Å². The number of carboxylic acid groups (broad SMARTS) is 1. The quantitative estimate of drug-likeness (QED) is 0.891. The molecule has 0 saturated carbocycles. The average molecular weight is 336 g/mol. The molecule has 0 heterocycles. The Kier molecular flexibility index (Phi) is 4.63. The van der Waals surface area contributed by atoms with Crippen LogP contribution in [0.2, 0.25) is 0 Å². The third-order valence-corrected chi connectivity index (χ3v) is 3.47. The van der Waals surface area contributed by atoms with Crippen molar-refractivity contribution in [2.24, 2.45) is 0 Å². The predicted octanol–water partition coefficient (Wildman–Crippen LogP) is 3.88. The summed E-state index contributed by atoms with van der Waals surface area (Å²) in [5.41, 5.74) is 1.34. The van der Waals surface area contributed by atoms with Crippen molar-refractivity contribution in [2.45, 2.75) is 6.42 Å². The molecule has 0 bridgehead atoms. The summed E-state index contributed by atoms with van der Waals surface area (Å²) in [6.07, 6.45) is -0.503. The van der Waals surface area contributed by atoms with E-state index in [1.54, 1.807) is 18.2 Å². The van der Waals surface area contributed by atoms with Crippen molar-refractivity contribution in [2.75, 3.05) is 11.4 Å². The van der Waals surface area contributed by atoms with E-state index >= 15 is 0 Å². The SMILES string of the molecule is O=C(O)N(CCc1ccc(Br)cc1)c1ccccc1O. The summed E-state index contributed by atoms with van der Waals surface area (Å²) in [5, 5.41) is 19.0. The molecule has 0 aromatic heterocycles. The highest BCUT2D eigenvalue weighted by Gasteiger charge is 2.17. The second-order valence-corrected chi connectivity index (χ2v) is 5.22. The summed E-state index contributed by atoms with van der Waals surface area (Å²) in [6, 6.07) is 14.1. The normalized spacial score (nSPS) is 10.2. The topological polar surface area (TPSA) is 60.8 Å². The number of rotatable bonds is 4. The van der Waals surface area contributed by atoms with Gasteiger partial charge >= 0.3 is 6.09 Å². The van der Waals surface area contributed by atoms with Crippen LogP contribution < -0.4 is 4.90 Å². The van der Waals surface area contributed by atoms with Gasteiger partial charge in [0.2, 0.25) is 0 Å². The molecule has 0 unspecified atom stereocenters. The standard InChI is InChI=1S/C15H14BrNO3/c16-12-7-5-11(6-8-12)9-10-17(15(19)20)13-3-1-2-4-14(13)18/h1-8,18H,9-10H2,(H,19,20). The maximum atomic E-state index is 11.3. The first kappa shape index (κ1) is 14.4. The van der Waals surface area contributed by atoms with Crippen molar-refractivity contribution in [1.82, 2.24) is 0 Å². The molecule has 2 aromatic carbocycles. The number of aromatic hydroxyl groups is 1. The second-order valence-electron chi connectivity index (χ2n) is 4.30. The van der Waals surface area contributed by atoms with E-state index in [1.165, 1.54) is 6.07 Å². The third-order valence-electron chi connectivity index (χ3n) is 2.94. The summed E-state index contributed by atoms with van der Waals surface area (Å²) >= 11 is 3.36. The molecular weight excluding hydrogens is 322 g/mol. The number of hydrogen-bond acceptors (Lipinski definition) is 2. The molecule has 20 heavy (non-hydrogen) atoms. The number of amides is 1. The van der Waals surface area contributed by atoms with E-state index < -0.39 is 6.09 Å². The van der Waals surface area contributed by atoms with Gasteiger partial charge in [0, 0.05) is 11.0 Å². The largest absolute Gasteiger partial charge is 0.506 e. The van der Waals surface area contributed by atoms with Gasteiger partial charge in [-0.1, -0.05) is 40.2 Å². The van der Waals surface area contributed by atoms with Crippen LogP contribution in [0.15, 0.2) is 53.0 Å². The number of carbonyl (C=O) groups is 1. The van der Waals surface area contributed by atoms with Crippen molar-refractivity contribution in [1.29, 1.82) is 0 Å². The summed E-state index contributed by atoms with van der Waals surface area (Å²) in [5.74, 6) is -0.0364. The fourth-order valence-corrected chi connectivity index (χ4v) is 2.17. The lowest BCUT2D eigenvalue weighted by molar-refractivity contribution is 0.201. The lowest BCUT2D eigenvalue weighted by Gasteiger charge is -2.20. The van der Waals surface area contributed by atoms with Crippen LogP contribution >= 0.6 is 15.9 Å². The molecule has 0 atom stereocenters. The molecule has 104 valence electrons. The van der Waals surface area contributed by atoms with Crippen molar-refractivity contribution >= 4 is 27.7 Å². The van der Waals surface area contributed by atoms with Gasteiger partial charge in [-0.15, -0.1) is 0 Å². The summed E-state index contributed by atoms with van der Waals surface area (Å²) in [6.45, 7) is 0.286. The summed E-state index contributed by atoms with van der Waals surface area (Å²) in [7, 11) is 0. The molecule has 0 saturated heterocycles. The zero-order valence-corrected chi connectivity index (χ0v) is 12.2. The van der Waals surface area contributed by atoms with E-state index in [2.05, 4.69) is 15.9 Å². The Labute approximate surface area is 125 Å². The van der Waals surface area contributed by atoms with E-state index in [0.717, 1.165) is 14.9 Å². The number of para-hydroxylation sites is 2. The van der Waals surface area contributed by atoms with Crippen LogP contribution in [0.5, 0.6) is 5.75 Å². The maximum absolute atomic E-state index is 11.3. The van der Waals surface area contributed by atoms with Crippen LogP contribution in [0, 0.1) is 0 Å². The molecule has 2 aromatic rings. The van der Waals surface area contributed by atoms with E-state index in [4.69, 9.17) is 0 Å². The van der Waals surface area contributed by atoms with E-state index in [-0.39, 0.29) is 12.3 Å². The number of phenols is 1. The minimum absolute atomic E-state index is 0.0364. The van der Waals surface area contributed by atoms with Crippen LogP contribution in [-0.2, 0) is 6.42 Å². The first-order chi connectivity index (χ1) is 9.58. The van der Waals surface area contributed by atoms with Gasteiger partial charge in [-0.05, 0) is 36.2 Å². The van der Waals surface area contributed by atoms with Gasteiger partial charge in [-0.25, -0.2) is 4.79 Å². The minimum Gasteiger partial charge on any atom is -0.506 e. The zero-order valence-electron chi connectivity index (χ0n) is 10.7. The van der Waals surface area contributed by atoms with Gasteiger partial charge in [0.1, 0.15) is 5.75 Å². The molecule has 0 fully saturated rings. The monoisotopic (exact) mass is 335 g/mol. The fourth-order valence-electron chi connectivity index (χ4n) is 1.90. The Morgan fingerprint density at radius 1 is 1.10 bits per heavy atom. The van der Waals surface area contributed by atoms with E-state index in [9.17, 15) is 15.0 Å². The van der Waals surface area contributed by atoms with E-state index in [1.807, 2.05) is 24.3 Å². The molecule has 2 rings (SSSR count). The van der Waals surface area contributed by atoms with E-state index in [0.29, 0.717) is 12.1 Å². The van der Waals surface area contributed by atoms with Crippen molar-refractivity contribution in [3.05, 3.63) is 58.6 Å². The molecule has 5 heteroatoms. The van der Waals surface area contributed by atoms with Crippen molar-refractivity contribution in [3.63, 3.8) is 0 Å². The average Bonchev–Trinajstić information content (AvgIpc) is 2.42. The smallest absolute Gasteiger partial charge is 0.411 e. The van der Waals surface area contributed by atoms with Gasteiger partial charge in [0.15, 0.2) is 0 Å². The molecule has 0 spiro atoms. The Morgan fingerprint density at radius 2 is 1.75 bits per heavy atom. The third kappa shape index (κ3) is 3.51. The number of hydrogen-bond donors (Lipinski definition) is 2. The lowest BCUT2D eigenvalue weighted by atomic mass is 10.1. The summed E-state index contributed by atoms with van der Waals surface area (Å²) in [4.78, 5) is 12.5.